The maximum atomic E-state index is 8.78. The summed E-state index contributed by atoms with van der Waals surface area (Å²) < 4.78 is 5.39. The quantitative estimate of drug-likeness (QED) is 0.887. The standard InChI is InChI=1S/C15H14ClN3O2/c1-10-6-12(2-3-14(10)21-5-4-20)19-15-13(16)7-11(8-17)9-18-15/h2-3,6-7,9,20H,4-5H2,1H3,(H,18,19). The van der Waals surface area contributed by atoms with Gasteiger partial charge < -0.3 is 15.2 Å². The number of aliphatic hydroxyl groups excluding tert-OH is 1. The Bertz CT molecular complexity index is 683. The third-order valence-corrected chi connectivity index (χ3v) is 3.04. The number of aryl methyl sites for hydroxylation is 1. The van der Waals surface area contributed by atoms with Crippen LogP contribution in [0.2, 0.25) is 5.02 Å². The van der Waals surface area contributed by atoms with Crippen molar-refractivity contribution in [3.8, 4) is 11.8 Å². The lowest BCUT2D eigenvalue weighted by atomic mass is 10.2. The van der Waals surface area contributed by atoms with Gasteiger partial charge in [-0.3, -0.25) is 0 Å². The molecule has 1 heterocycles. The van der Waals surface area contributed by atoms with Crippen LogP contribution >= 0.6 is 11.6 Å². The number of rotatable bonds is 5. The second kappa shape index (κ2) is 6.93. The van der Waals surface area contributed by atoms with Crippen molar-refractivity contribution in [2.45, 2.75) is 6.92 Å². The topological polar surface area (TPSA) is 78.2 Å². The van der Waals surface area contributed by atoms with Gasteiger partial charge in [-0.25, -0.2) is 4.98 Å². The predicted octanol–water partition coefficient (Wildman–Crippen LogP) is 3.03. The molecule has 0 aliphatic heterocycles. The van der Waals surface area contributed by atoms with Crippen LogP contribution in [0.5, 0.6) is 5.75 Å². The van der Waals surface area contributed by atoms with E-state index in [0.29, 0.717) is 22.2 Å². The fraction of sp³-hybridized carbons (Fsp3) is 0.200. The molecule has 21 heavy (non-hydrogen) atoms. The van der Waals surface area contributed by atoms with E-state index in [9.17, 15) is 0 Å². The minimum Gasteiger partial charge on any atom is -0.491 e. The number of halogens is 1. The number of aliphatic hydroxyl groups is 1. The average molecular weight is 304 g/mol. The molecule has 0 saturated heterocycles. The zero-order valence-corrected chi connectivity index (χ0v) is 12.2. The van der Waals surface area contributed by atoms with Gasteiger partial charge in [0.1, 0.15) is 24.2 Å². The van der Waals surface area contributed by atoms with E-state index in [2.05, 4.69) is 10.3 Å². The van der Waals surface area contributed by atoms with Crippen LogP contribution in [0.4, 0.5) is 11.5 Å². The Morgan fingerprint density at radius 1 is 1.43 bits per heavy atom. The number of benzene rings is 1. The van der Waals surface area contributed by atoms with E-state index in [4.69, 9.17) is 26.7 Å². The summed E-state index contributed by atoms with van der Waals surface area (Å²) in [6.07, 6.45) is 1.46. The van der Waals surface area contributed by atoms with E-state index >= 15 is 0 Å². The van der Waals surface area contributed by atoms with Gasteiger partial charge in [0.25, 0.3) is 0 Å². The van der Waals surface area contributed by atoms with Crippen LogP contribution < -0.4 is 10.1 Å². The molecule has 0 atom stereocenters. The molecule has 0 aliphatic rings. The number of ether oxygens (including phenoxy) is 1. The summed E-state index contributed by atoms with van der Waals surface area (Å²) in [5.41, 5.74) is 2.15. The van der Waals surface area contributed by atoms with Crippen LogP contribution in [0, 0.1) is 18.3 Å². The maximum absolute atomic E-state index is 8.78. The number of anilines is 2. The Labute approximate surface area is 127 Å². The molecule has 2 aromatic rings. The molecule has 0 unspecified atom stereocenters. The molecule has 0 radical (unpaired) electrons. The van der Waals surface area contributed by atoms with E-state index in [1.54, 1.807) is 6.07 Å². The first-order chi connectivity index (χ1) is 10.1. The van der Waals surface area contributed by atoms with Gasteiger partial charge in [-0.15, -0.1) is 0 Å². The van der Waals surface area contributed by atoms with Crippen LogP contribution in [0.25, 0.3) is 0 Å². The molecule has 5 nitrogen and oxygen atoms in total. The van der Waals surface area contributed by atoms with Gasteiger partial charge in [0.15, 0.2) is 0 Å². The smallest absolute Gasteiger partial charge is 0.149 e. The Morgan fingerprint density at radius 2 is 2.24 bits per heavy atom. The molecular weight excluding hydrogens is 290 g/mol. The van der Waals surface area contributed by atoms with Crippen LogP contribution in [0.15, 0.2) is 30.5 Å². The molecule has 1 aromatic heterocycles. The van der Waals surface area contributed by atoms with Crippen molar-refractivity contribution in [2.24, 2.45) is 0 Å². The third kappa shape index (κ3) is 3.85. The van der Waals surface area contributed by atoms with E-state index in [1.165, 1.54) is 6.20 Å². The molecule has 0 amide bonds. The van der Waals surface area contributed by atoms with Gasteiger partial charge in [-0.05, 0) is 36.8 Å². The molecule has 0 aliphatic carbocycles. The monoisotopic (exact) mass is 303 g/mol. The first-order valence-corrected chi connectivity index (χ1v) is 6.69. The lowest BCUT2D eigenvalue weighted by Gasteiger charge is -2.11. The SMILES string of the molecule is Cc1cc(Nc2ncc(C#N)cc2Cl)ccc1OCCO. The zero-order chi connectivity index (χ0) is 15.2. The van der Waals surface area contributed by atoms with Crippen molar-refractivity contribution in [1.82, 2.24) is 4.98 Å². The van der Waals surface area contributed by atoms with E-state index in [0.717, 1.165) is 11.3 Å². The number of nitrogens with zero attached hydrogens (tertiary/aromatic N) is 2. The fourth-order valence-electron chi connectivity index (χ4n) is 1.77. The fourth-order valence-corrected chi connectivity index (χ4v) is 1.99. The van der Waals surface area contributed by atoms with Crippen LogP contribution in [0.1, 0.15) is 11.1 Å². The van der Waals surface area contributed by atoms with Crippen molar-refractivity contribution in [2.75, 3.05) is 18.5 Å². The van der Waals surface area contributed by atoms with Crippen molar-refractivity contribution < 1.29 is 9.84 Å². The Kier molecular flexibility index (Phi) is 4.99. The van der Waals surface area contributed by atoms with Gasteiger partial charge in [0.2, 0.25) is 0 Å². The molecule has 6 heteroatoms. The summed E-state index contributed by atoms with van der Waals surface area (Å²) in [7, 11) is 0. The third-order valence-electron chi connectivity index (χ3n) is 2.76. The summed E-state index contributed by atoms with van der Waals surface area (Å²) in [5.74, 6) is 1.20. The molecule has 0 fully saturated rings. The molecule has 2 N–H and O–H groups in total. The van der Waals surface area contributed by atoms with Crippen molar-refractivity contribution in [3.63, 3.8) is 0 Å². The van der Waals surface area contributed by atoms with Crippen LogP contribution in [-0.2, 0) is 0 Å². The maximum Gasteiger partial charge on any atom is 0.149 e. The lowest BCUT2D eigenvalue weighted by Crippen LogP contribution is -2.03. The normalized spacial score (nSPS) is 10.0. The Balaban J connectivity index is 2.17. The van der Waals surface area contributed by atoms with E-state index < -0.39 is 0 Å². The first kappa shape index (κ1) is 15.1. The summed E-state index contributed by atoms with van der Waals surface area (Å²) in [5, 5.41) is 21.0. The summed E-state index contributed by atoms with van der Waals surface area (Å²) in [6.45, 7) is 2.15. The Hall–Kier alpha value is -2.29. The van der Waals surface area contributed by atoms with Gasteiger partial charge >= 0.3 is 0 Å². The second-order valence-electron chi connectivity index (χ2n) is 4.34. The molecule has 0 bridgehead atoms. The highest BCUT2D eigenvalue weighted by atomic mass is 35.5. The summed E-state index contributed by atoms with van der Waals surface area (Å²) >= 11 is 6.07. The molecule has 2 rings (SSSR count). The van der Waals surface area contributed by atoms with Crippen molar-refractivity contribution in [3.05, 3.63) is 46.6 Å². The highest BCUT2D eigenvalue weighted by Crippen LogP contribution is 2.27. The molecule has 108 valence electrons. The largest absolute Gasteiger partial charge is 0.491 e. The van der Waals surface area contributed by atoms with Gasteiger partial charge in [-0.1, -0.05) is 11.6 Å². The second-order valence-corrected chi connectivity index (χ2v) is 4.75. The van der Waals surface area contributed by atoms with Gasteiger partial charge in [0, 0.05) is 11.9 Å². The number of pyridine rings is 1. The lowest BCUT2D eigenvalue weighted by molar-refractivity contribution is 0.200. The van der Waals surface area contributed by atoms with E-state index in [1.807, 2.05) is 31.2 Å². The average Bonchev–Trinajstić information content (AvgIpc) is 2.48. The number of nitriles is 1. The summed E-state index contributed by atoms with van der Waals surface area (Å²) in [4.78, 5) is 4.12. The molecule has 0 spiro atoms. The van der Waals surface area contributed by atoms with Crippen molar-refractivity contribution in [1.29, 1.82) is 5.26 Å². The summed E-state index contributed by atoms with van der Waals surface area (Å²) in [6, 6.07) is 9.07. The number of hydrogen-bond acceptors (Lipinski definition) is 5. The van der Waals surface area contributed by atoms with Crippen LogP contribution in [-0.4, -0.2) is 23.3 Å². The number of aromatic nitrogens is 1. The highest BCUT2D eigenvalue weighted by Gasteiger charge is 2.06. The van der Waals surface area contributed by atoms with E-state index in [-0.39, 0.29) is 13.2 Å². The molecular formula is C15H14ClN3O2. The Morgan fingerprint density at radius 3 is 2.86 bits per heavy atom. The molecule has 1 aromatic carbocycles. The van der Waals surface area contributed by atoms with Crippen LogP contribution in [0.3, 0.4) is 0 Å². The zero-order valence-electron chi connectivity index (χ0n) is 11.4. The predicted molar refractivity (Wildman–Crippen MR) is 81.0 cm³/mol. The van der Waals surface area contributed by atoms with Gasteiger partial charge in [0.05, 0.1) is 17.2 Å². The highest BCUT2D eigenvalue weighted by molar-refractivity contribution is 6.33. The minimum atomic E-state index is -0.0236. The van der Waals surface area contributed by atoms with Gasteiger partial charge in [-0.2, -0.15) is 5.26 Å². The minimum absolute atomic E-state index is 0.0236. The van der Waals surface area contributed by atoms with Crippen molar-refractivity contribution >= 4 is 23.1 Å². The first-order valence-electron chi connectivity index (χ1n) is 6.31. The number of hydrogen-bond donors (Lipinski definition) is 2. The number of nitrogens with one attached hydrogen (secondary N) is 1. The molecule has 0 saturated carbocycles.